The van der Waals surface area contributed by atoms with E-state index in [-0.39, 0.29) is 5.91 Å². The number of hydrogen-bond acceptors (Lipinski definition) is 7. The minimum atomic E-state index is -0.0971. The maximum atomic E-state index is 12.0. The quantitative estimate of drug-likeness (QED) is 0.646. The van der Waals surface area contributed by atoms with Crippen molar-refractivity contribution in [2.75, 3.05) is 7.11 Å². The van der Waals surface area contributed by atoms with E-state index in [1.165, 1.54) is 0 Å². The van der Waals surface area contributed by atoms with Crippen LogP contribution in [0.25, 0.3) is 5.69 Å². The van der Waals surface area contributed by atoms with Gasteiger partial charge in [0, 0.05) is 18.8 Å². The van der Waals surface area contributed by atoms with Crippen molar-refractivity contribution in [3.63, 3.8) is 0 Å². The van der Waals surface area contributed by atoms with Crippen LogP contribution in [0.5, 0.6) is 5.75 Å². The Morgan fingerprint density at radius 2 is 2.15 bits per heavy atom. The molecule has 1 fully saturated rings. The molecule has 0 aliphatic heterocycles. The van der Waals surface area contributed by atoms with E-state index in [0.29, 0.717) is 36.9 Å². The van der Waals surface area contributed by atoms with Gasteiger partial charge in [0.2, 0.25) is 11.8 Å². The van der Waals surface area contributed by atoms with Crippen molar-refractivity contribution >= 4 is 5.91 Å². The first-order valence-corrected chi connectivity index (χ1v) is 8.86. The van der Waals surface area contributed by atoms with Crippen molar-refractivity contribution in [3.8, 4) is 11.4 Å². The third kappa shape index (κ3) is 4.30. The summed E-state index contributed by atoms with van der Waals surface area (Å²) < 4.78 is 12.0. The molecule has 2 heterocycles. The number of amides is 1. The number of aryl methyl sites for hydroxylation is 1. The molecule has 1 aliphatic carbocycles. The van der Waals surface area contributed by atoms with Gasteiger partial charge >= 0.3 is 0 Å². The smallest absolute Gasteiger partial charge is 0.227 e. The number of carbonyl (C=O) groups excluding carboxylic acids is 1. The third-order valence-corrected chi connectivity index (χ3v) is 4.34. The molecule has 9 nitrogen and oxygen atoms in total. The number of benzene rings is 1. The molecule has 1 aromatic carbocycles. The average Bonchev–Trinajstić information content (AvgIpc) is 3.26. The van der Waals surface area contributed by atoms with Crippen LogP contribution in [-0.4, -0.2) is 38.2 Å². The summed E-state index contributed by atoms with van der Waals surface area (Å²) in [7, 11) is 1.62. The summed E-state index contributed by atoms with van der Waals surface area (Å²) in [4.78, 5) is 16.3. The van der Waals surface area contributed by atoms with Gasteiger partial charge in [-0.3, -0.25) is 4.79 Å². The molecule has 0 atom stereocenters. The predicted molar refractivity (Wildman–Crippen MR) is 94.4 cm³/mol. The first-order chi connectivity index (χ1) is 13.2. The molecule has 140 valence electrons. The molecule has 4 rings (SSSR count). The van der Waals surface area contributed by atoms with Gasteiger partial charge in [0.1, 0.15) is 11.4 Å². The van der Waals surface area contributed by atoms with Crippen molar-refractivity contribution in [2.45, 2.75) is 38.1 Å². The van der Waals surface area contributed by atoms with Gasteiger partial charge in [0.05, 0.1) is 25.5 Å². The van der Waals surface area contributed by atoms with E-state index >= 15 is 0 Å². The highest BCUT2D eigenvalue weighted by atomic mass is 16.5. The predicted octanol–water partition coefficient (Wildman–Crippen LogP) is 1.79. The van der Waals surface area contributed by atoms with Crippen LogP contribution in [0.4, 0.5) is 0 Å². The number of carbonyl (C=O) groups is 1. The lowest BCUT2D eigenvalue weighted by Crippen LogP contribution is -2.23. The second-order valence-corrected chi connectivity index (χ2v) is 6.45. The molecule has 1 aliphatic rings. The van der Waals surface area contributed by atoms with Crippen LogP contribution in [0.1, 0.15) is 42.6 Å². The van der Waals surface area contributed by atoms with Gasteiger partial charge in [-0.05, 0) is 37.1 Å². The lowest BCUT2D eigenvalue weighted by Gasteiger charge is -2.02. The fourth-order valence-electron chi connectivity index (χ4n) is 2.62. The van der Waals surface area contributed by atoms with E-state index in [1.54, 1.807) is 18.0 Å². The minimum Gasteiger partial charge on any atom is -0.497 e. The fourth-order valence-corrected chi connectivity index (χ4v) is 2.62. The molecule has 3 aromatic rings. The van der Waals surface area contributed by atoms with Crippen molar-refractivity contribution in [2.24, 2.45) is 0 Å². The summed E-state index contributed by atoms with van der Waals surface area (Å²) >= 11 is 0. The summed E-state index contributed by atoms with van der Waals surface area (Å²) in [5, 5.41) is 14.9. The number of aromatic nitrogens is 5. The Morgan fingerprint density at radius 1 is 1.33 bits per heavy atom. The Labute approximate surface area is 155 Å². The highest BCUT2D eigenvalue weighted by molar-refractivity contribution is 5.75. The zero-order valence-corrected chi connectivity index (χ0v) is 15.0. The lowest BCUT2D eigenvalue weighted by molar-refractivity contribution is -0.121. The average molecular weight is 368 g/mol. The molecule has 2 aromatic heterocycles. The van der Waals surface area contributed by atoms with E-state index < -0.39 is 0 Å². The van der Waals surface area contributed by atoms with E-state index in [0.717, 1.165) is 30.1 Å². The number of methoxy groups -OCH3 is 1. The molecule has 1 N–H and O–H groups in total. The van der Waals surface area contributed by atoms with E-state index in [2.05, 4.69) is 25.8 Å². The van der Waals surface area contributed by atoms with Crippen molar-refractivity contribution in [1.82, 2.24) is 30.5 Å². The summed E-state index contributed by atoms with van der Waals surface area (Å²) in [5.41, 5.74) is 1.54. The largest absolute Gasteiger partial charge is 0.497 e. The topological polar surface area (TPSA) is 108 Å². The van der Waals surface area contributed by atoms with E-state index in [4.69, 9.17) is 9.26 Å². The van der Waals surface area contributed by atoms with Gasteiger partial charge in [-0.15, -0.1) is 5.10 Å². The third-order valence-electron chi connectivity index (χ3n) is 4.34. The number of nitrogens with one attached hydrogen (secondary N) is 1. The number of nitrogens with zero attached hydrogens (tertiary/aromatic N) is 5. The summed E-state index contributed by atoms with van der Waals surface area (Å²) in [6.07, 6.45) is 4.75. The van der Waals surface area contributed by atoms with E-state index in [9.17, 15) is 4.79 Å². The van der Waals surface area contributed by atoms with Gasteiger partial charge in [0.25, 0.3) is 0 Å². The Hall–Kier alpha value is -3.23. The molecule has 1 amide bonds. The molecule has 0 spiro atoms. The fraction of sp³-hybridized carbons (Fsp3) is 0.389. The van der Waals surface area contributed by atoms with Crippen LogP contribution in [0, 0.1) is 0 Å². The van der Waals surface area contributed by atoms with Crippen LogP contribution in [0.3, 0.4) is 0 Å². The number of ether oxygens (including phenoxy) is 1. The maximum Gasteiger partial charge on any atom is 0.227 e. The number of hydrogen-bond donors (Lipinski definition) is 1. The van der Waals surface area contributed by atoms with Crippen molar-refractivity contribution in [1.29, 1.82) is 0 Å². The number of rotatable bonds is 8. The molecule has 9 heteroatoms. The first kappa shape index (κ1) is 17.2. The zero-order chi connectivity index (χ0) is 18.6. The van der Waals surface area contributed by atoms with Crippen LogP contribution in [0.2, 0.25) is 0 Å². The van der Waals surface area contributed by atoms with Crippen molar-refractivity contribution < 1.29 is 14.1 Å². The zero-order valence-electron chi connectivity index (χ0n) is 15.0. The van der Waals surface area contributed by atoms with Crippen LogP contribution in [0.15, 0.2) is 35.0 Å². The Kier molecular flexibility index (Phi) is 4.82. The highest BCUT2D eigenvalue weighted by Gasteiger charge is 2.28. The molecule has 0 radical (unpaired) electrons. The molecule has 27 heavy (non-hydrogen) atoms. The molecular formula is C18H20N6O3. The van der Waals surface area contributed by atoms with Gasteiger partial charge in [-0.1, -0.05) is 10.4 Å². The maximum absolute atomic E-state index is 12.0. The summed E-state index contributed by atoms with van der Waals surface area (Å²) in [6.45, 7) is 0.312. The normalized spacial score (nSPS) is 13.5. The lowest BCUT2D eigenvalue weighted by atomic mass is 10.3. The highest BCUT2D eigenvalue weighted by Crippen LogP contribution is 2.38. The second kappa shape index (κ2) is 7.56. The van der Waals surface area contributed by atoms with Crippen LogP contribution >= 0.6 is 0 Å². The van der Waals surface area contributed by atoms with Crippen LogP contribution < -0.4 is 10.1 Å². The Morgan fingerprint density at radius 3 is 2.89 bits per heavy atom. The molecule has 0 saturated heterocycles. The minimum absolute atomic E-state index is 0.0971. The van der Waals surface area contributed by atoms with Gasteiger partial charge in [-0.2, -0.15) is 4.98 Å². The van der Waals surface area contributed by atoms with Gasteiger partial charge < -0.3 is 14.6 Å². The van der Waals surface area contributed by atoms with Gasteiger partial charge in [0.15, 0.2) is 5.82 Å². The molecule has 0 bridgehead atoms. The second-order valence-electron chi connectivity index (χ2n) is 6.45. The molecule has 0 unspecified atom stereocenters. The van der Waals surface area contributed by atoms with Gasteiger partial charge in [-0.25, -0.2) is 4.68 Å². The monoisotopic (exact) mass is 368 g/mol. The standard InChI is InChI=1S/C18H20N6O3/c1-26-15-6-4-14(5-7-15)24-11-13(21-23-24)10-19-16(25)8-9-17-20-18(22-27-17)12-2-3-12/h4-7,11-12H,2-3,8-10H2,1H3,(H,19,25). The summed E-state index contributed by atoms with van der Waals surface area (Å²) in [6, 6.07) is 7.47. The Bertz CT molecular complexity index is 913. The SMILES string of the molecule is COc1ccc(-n2cc(CNC(=O)CCc3nc(C4CC4)no3)nn2)cc1. The summed E-state index contributed by atoms with van der Waals surface area (Å²) in [5.74, 6) is 2.40. The first-order valence-electron chi connectivity index (χ1n) is 8.86. The Balaban J connectivity index is 1.25. The molecular weight excluding hydrogens is 348 g/mol. The van der Waals surface area contributed by atoms with Crippen molar-refractivity contribution in [3.05, 3.63) is 47.9 Å². The van der Waals surface area contributed by atoms with E-state index in [1.807, 2.05) is 24.3 Å². The molecule has 1 saturated carbocycles. The van der Waals surface area contributed by atoms with Crippen LogP contribution in [-0.2, 0) is 17.8 Å².